The number of alkyl halides is 3. The highest BCUT2D eigenvalue weighted by atomic mass is 19.4. The Labute approximate surface area is 148 Å². The first kappa shape index (κ1) is 18.8. The molecule has 4 N–H and O–H groups in total. The summed E-state index contributed by atoms with van der Waals surface area (Å²) in [5.41, 5.74) is 4.00. The molecular weight excluding hydrogens is 351 g/mol. The second-order valence-corrected chi connectivity index (χ2v) is 7.32. The molecular formula is C16H22F3N5O2. The number of amides is 1. The Morgan fingerprint density at radius 2 is 1.96 bits per heavy atom. The van der Waals surface area contributed by atoms with Gasteiger partial charge in [0.15, 0.2) is 0 Å². The SMILES string of the molecule is CC(N)COCCNC(=O)C12CC(Nc3ncc(C(F)(F)F)cn3)(C1)C2. The molecule has 1 unspecified atom stereocenters. The third-order valence-corrected chi connectivity index (χ3v) is 4.78. The van der Waals surface area contributed by atoms with Crippen molar-refractivity contribution in [1.29, 1.82) is 0 Å². The lowest BCUT2D eigenvalue weighted by Gasteiger charge is -2.69. The predicted octanol–water partition coefficient (Wildman–Crippen LogP) is 1.31. The van der Waals surface area contributed by atoms with E-state index in [9.17, 15) is 18.0 Å². The molecule has 1 amide bonds. The molecule has 10 heteroatoms. The number of rotatable bonds is 8. The van der Waals surface area contributed by atoms with Gasteiger partial charge in [-0.3, -0.25) is 4.79 Å². The van der Waals surface area contributed by atoms with Crippen molar-refractivity contribution >= 4 is 11.9 Å². The third-order valence-electron chi connectivity index (χ3n) is 4.78. The van der Waals surface area contributed by atoms with Crippen molar-refractivity contribution in [2.24, 2.45) is 11.1 Å². The van der Waals surface area contributed by atoms with Crippen LogP contribution in [0.2, 0.25) is 0 Å². The van der Waals surface area contributed by atoms with E-state index in [-0.39, 0.29) is 28.9 Å². The minimum Gasteiger partial charge on any atom is -0.378 e. The number of carbonyl (C=O) groups excluding carboxylic acids is 1. The second-order valence-electron chi connectivity index (χ2n) is 7.32. The molecule has 1 aromatic rings. The van der Waals surface area contributed by atoms with E-state index < -0.39 is 11.7 Å². The molecule has 0 aromatic carbocycles. The predicted molar refractivity (Wildman–Crippen MR) is 87.1 cm³/mol. The molecule has 26 heavy (non-hydrogen) atoms. The van der Waals surface area contributed by atoms with E-state index in [2.05, 4.69) is 20.6 Å². The van der Waals surface area contributed by atoms with Gasteiger partial charge in [0, 0.05) is 30.5 Å². The Kier molecular flexibility index (Phi) is 4.82. The van der Waals surface area contributed by atoms with Crippen molar-refractivity contribution in [3.05, 3.63) is 18.0 Å². The van der Waals surface area contributed by atoms with Gasteiger partial charge in [0.05, 0.1) is 24.2 Å². The summed E-state index contributed by atoms with van der Waals surface area (Å²) in [4.78, 5) is 19.7. The van der Waals surface area contributed by atoms with Gasteiger partial charge in [0.2, 0.25) is 11.9 Å². The van der Waals surface area contributed by atoms with Crippen LogP contribution < -0.4 is 16.4 Å². The molecule has 1 aromatic heterocycles. The van der Waals surface area contributed by atoms with E-state index in [1.54, 1.807) is 0 Å². The van der Waals surface area contributed by atoms with Crippen LogP contribution in [0.25, 0.3) is 0 Å². The fourth-order valence-corrected chi connectivity index (χ4v) is 3.63. The van der Waals surface area contributed by atoms with E-state index in [1.165, 1.54) is 0 Å². The fourth-order valence-electron chi connectivity index (χ4n) is 3.63. The number of halogens is 3. The quantitative estimate of drug-likeness (QED) is 0.594. The van der Waals surface area contributed by atoms with Gasteiger partial charge in [-0.2, -0.15) is 13.2 Å². The minimum atomic E-state index is -4.46. The maximum absolute atomic E-state index is 12.5. The van der Waals surface area contributed by atoms with Crippen molar-refractivity contribution in [1.82, 2.24) is 15.3 Å². The summed E-state index contributed by atoms with van der Waals surface area (Å²) >= 11 is 0. The number of carbonyl (C=O) groups is 1. The van der Waals surface area contributed by atoms with E-state index >= 15 is 0 Å². The summed E-state index contributed by atoms with van der Waals surface area (Å²) in [5.74, 6) is 0.134. The first-order valence-corrected chi connectivity index (χ1v) is 8.43. The topological polar surface area (TPSA) is 102 Å². The van der Waals surface area contributed by atoms with Crippen LogP contribution in [0.5, 0.6) is 0 Å². The van der Waals surface area contributed by atoms with Crippen LogP contribution in [0.4, 0.5) is 19.1 Å². The highest BCUT2D eigenvalue weighted by Crippen LogP contribution is 2.68. The highest BCUT2D eigenvalue weighted by Gasteiger charge is 2.71. The van der Waals surface area contributed by atoms with Gasteiger partial charge in [-0.15, -0.1) is 0 Å². The van der Waals surface area contributed by atoms with Crippen molar-refractivity contribution in [3.63, 3.8) is 0 Å². The Hall–Kier alpha value is -1.94. The smallest absolute Gasteiger partial charge is 0.378 e. The van der Waals surface area contributed by atoms with Crippen LogP contribution in [0.3, 0.4) is 0 Å². The molecule has 4 rings (SSSR count). The summed E-state index contributed by atoms with van der Waals surface area (Å²) in [5, 5.41) is 5.91. The number of nitrogens with zero attached hydrogens (tertiary/aromatic N) is 2. The maximum Gasteiger partial charge on any atom is 0.419 e. The number of ether oxygens (including phenoxy) is 1. The minimum absolute atomic E-state index is 0.0149. The van der Waals surface area contributed by atoms with Gasteiger partial charge in [0.1, 0.15) is 0 Å². The molecule has 2 bridgehead atoms. The number of anilines is 1. The number of hydrogen-bond acceptors (Lipinski definition) is 6. The average molecular weight is 373 g/mol. The summed E-state index contributed by atoms with van der Waals surface area (Å²) < 4.78 is 42.8. The monoisotopic (exact) mass is 373 g/mol. The van der Waals surface area contributed by atoms with Gasteiger partial charge < -0.3 is 21.1 Å². The van der Waals surface area contributed by atoms with Crippen LogP contribution in [0.15, 0.2) is 12.4 Å². The summed E-state index contributed by atoms with van der Waals surface area (Å²) in [7, 11) is 0. The molecule has 3 saturated carbocycles. The highest BCUT2D eigenvalue weighted by molar-refractivity contribution is 5.87. The van der Waals surface area contributed by atoms with E-state index in [0.29, 0.717) is 39.0 Å². The first-order chi connectivity index (χ1) is 12.1. The van der Waals surface area contributed by atoms with Gasteiger partial charge >= 0.3 is 6.18 Å². The van der Waals surface area contributed by atoms with Crippen molar-refractivity contribution in [2.75, 3.05) is 25.1 Å². The van der Waals surface area contributed by atoms with Crippen molar-refractivity contribution in [3.8, 4) is 0 Å². The zero-order valence-corrected chi connectivity index (χ0v) is 14.4. The molecule has 7 nitrogen and oxygen atoms in total. The van der Waals surface area contributed by atoms with Crippen LogP contribution in [-0.4, -0.2) is 47.2 Å². The van der Waals surface area contributed by atoms with E-state index in [1.807, 2.05) is 6.92 Å². The molecule has 0 radical (unpaired) electrons. The lowest BCUT2D eigenvalue weighted by molar-refractivity contribution is -0.168. The van der Waals surface area contributed by atoms with Crippen LogP contribution in [-0.2, 0) is 15.7 Å². The standard InChI is InChI=1S/C16H22F3N5O2/c1-10(20)6-26-3-2-21-12(25)14-7-15(8-14,9-14)24-13-22-4-11(5-23-13)16(17,18)19/h4-5,10H,2-3,6-9,20H2,1H3,(H,21,25)(H,22,23,24). The normalized spacial score (nSPS) is 27.9. The molecule has 0 saturated heterocycles. The zero-order chi connectivity index (χ0) is 19.0. The van der Waals surface area contributed by atoms with Crippen LogP contribution in [0.1, 0.15) is 31.7 Å². The molecule has 1 heterocycles. The average Bonchev–Trinajstić information content (AvgIpc) is 2.48. The van der Waals surface area contributed by atoms with Gasteiger partial charge in [0.25, 0.3) is 0 Å². The van der Waals surface area contributed by atoms with Crippen molar-refractivity contribution in [2.45, 2.75) is 43.9 Å². The number of nitrogens with one attached hydrogen (secondary N) is 2. The van der Waals surface area contributed by atoms with Gasteiger partial charge in [-0.25, -0.2) is 9.97 Å². The third kappa shape index (κ3) is 3.75. The maximum atomic E-state index is 12.5. The molecule has 0 spiro atoms. The Morgan fingerprint density at radius 1 is 1.35 bits per heavy atom. The van der Waals surface area contributed by atoms with Crippen molar-refractivity contribution < 1.29 is 22.7 Å². The van der Waals surface area contributed by atoms with Gasteiger partial charge in [-0.1, -0.05) is 0 Å². The largest absolute Gasteiger partial charge is 0.419 e. The summed E-state index contributed by atoms with van der Waals surface area (Å²) in [6, 6.07) is -0.0401. The number of hydrogen-bond donors (Lipinski definition) is 3. The summed E-state index contributed by atoms with van der Waals surface area (Å²) in [6.45, 7) is 3.12. The first-order valence-electron chi connectivity index (χ1n) is 8.43. The number of aromatic nitrogens is 2. The van der Waals surface area contributed by atoms with Gasteiger partial charge in [-0.05, 0) is 26.2 Å². The molecule has 0 aliphatic heterocycles. The number of nitrogens with two attached hydrogens (primary N) is 1. The Bertz CT molecular complexity index is 643. The lowest BCUT2D eigenvalue weighted by atomic mass is 9.39. The lowest BCUT2D eigenvalue weighted by Crippen LogP contribution is -2.75. The van der Waals surface area contributed by atoms with E-state index in [0.717, 1.165) is 12.4 Å². The molecule has 3 fully saturated rings. The Balaban J connectivity index is 1.41. The summed E-state index contributed by atoms with van der Waals surface area (Å²) in [6.07, 6.45) is -1.08. The Morgan fingerprint density at radius 3 is 2.50 bits per heavy atom. The fraction of sp³-hybridized carbons (Fsp3) is 0.688. The molecule has 3 aliphatic rings. The molecule has 144 valence electrons. The molecule has 3 aliphatic carbocycles. The van der Waals surface area contributed by atoms with Crippen LogP contribution >= 0.6 is 0 Å². The van der Waals surface area contributed by atoms with E-state index in [4.69, 9.17) is 10.5 Å². The second kappa shape index (κ2) is 6.66. The van der Waals surface area contributed by atoms with Crippen LogP contribution in [0, 0.1) is 5.41 Å². The zero-order valence-electron chi connectivity index (χ0n) is 14.4. The molecule has 1 atom stereocenters.